The van der Waals surface area contributed by atoms with Crippen molar-refractivity contribution in [3.63, 3.8) is 0 Å². The zero-order valence-electron chi connectivity index (χ0n) is 18.3. The normalized spacial score (nSPS) is 16.9. The first-order valence-corrected chi connectivity index (χ1v) is 10.4. The molecule has 1 atom stereocenters. The molecule has 1 heteroatoms. The van der Waals surface area contributed by atoms with Gasteiger partial charge in [0, 0.05) is 17.7 Å². The van der Waals surface area contributed by atoms with Crippen molar-refractivity contribution in [2.45, 2.75) is 41.5 Å². The van der Waals surface area contributed by atoms with Gasteiger partial charge in [0.15, 0.2) is 0 Å². The summed E-state index contributed by atoms with van der Waals surface area (Å²) in [6.07, 6.45) is 4.46. The van der Waals surface area contributed by atoms with Gasteiger partial charge in [0.2, 0.25) is 0 Å². The third kappa shape index (κ3) is 3.46. The molecule has 1 aliphatic rings. The van der Waals surface area contributed by atoms with Crippen LogP contribution in [0.25, 0.3) is 16.3 Å². The van der Waals surface area contributed by atoms with Gasteiger partial charge in [0.25, 0.3) is 0 Å². The van der Waals surface area contributed by atoms with E-state index in [1.54, 1.807) is 0 Å². The Balaban J connectivity index is 1.94. The van der Waals surface area contributed by atoms with Crippen molar-refractivity contribution in [1.29, 1.82) is 0 Å². The number of allylic oxidation sites excluding steroid dienone is 4. The Kier molecular flexibility index (Phi) is 5.00. The summed E-state index contributed by atoms with van der Waals surface area (Å²) in [4.78, 5) is 5.00. The average molecular weight is 380 g/mol. The summed E-state index contributed by atoms with van der Waals surface area (Å²) in [6, 6.07) is 17.6. The lowest BCUT2D eigenvalue weighted by Gasteiger charge is -2.16. The minimum Gasteiger partial charge on any atom is -0.256 e. The fraction of sp³-hybridized carbons (Fsp3) is 0.250. The second kappa shape index (κ2) is 7.48. The fourth-order valence-corrected chi connectivity index (χ4v) is 4.76. The predicted molar refractivity (Wildman–Crippen MR) is 127 cm³/mol. The van der Waals surface area contributed by atoms with Crippen molar-refractivity contribution in [2.24, 2.45) is 10.9 Å². The van der Waals surface area contributed by atoms with E-state index in [1.807, 2.05) is 0 Å². The fourth-order valence-electron chi connectivity index (χ4n) is 4.76. The molecule has 0 bridgehead atoms. The first-order valence-electron chi connectivity index (χ1n) is 10.4. The summed E-state index contributed by atoms with van der Waals surface area (Å²) >= 11 is 0. The van der Waals surface area contributed by atoms with Crippen LogP contribution in [0.3, 0.4) is 0 Å². The molecule has 3 aromatic rings. The van der Waals surface area contributed by atoms with Gasteiger partial charge in [0.1, 0.15) is 0 Å². The van der Waals surface area contributed by atoms with Crippen molar-refractivity contribution in [2.75, 3.05) is 0 Å². The van der Waals surface area contributed by atoms with Crippen LogP contribution in [0.5, 0.6) is 0 Å². The molecule has 1 unspecified atom stereocenters. The van der Waals surface area contributed by atoms with Crippen LogP contribution in [0, 0.1) is 26.7 Å². The van der Waals surface area contributed by atoms with E-state index in [4.69, 9.17) is 4.99 Å². The number of benzene rings is 3. The topological polar surface area (TPSA) is 12.4 Å². The van der Waals surface area contributed by atoms with Crippen LogP contribution < -0.4 is 0 Å². The monoisotopic (exact) mass is 379 g/mol. The number of fused-ring (bicyclic) bond motifs is 1. The first kappa shape index (κ1) is 19.4. The van der Waals surface area contributed by atoms with E-state index in [-0.39, 0.29) is 0 Å². The molecule has 4 rings (SSSR count). The largest absolute Gasteiger partial charge is 0.256 e. The minimum absolute atomic E-state index is 0.422. The number of aryl methyl sites for hydroxylation is 3. The van der Waals surface area contributed by atoms with E-state index >= 15 is 0 Å². The highest BCUT2D eigenvalue weighted by Gasteiger charge is 2.22. The van der Waals surface area contributed by atoms with Gasteiger partial charge >= 0.3 is 0 Å². The second-order valence-corrected chi connectivity index (χ2v) is 8.43. The van der Waals surface area contributed by atoms with Crippen molar-refractivity contribution >= 4 is 28.2 Å². The zero-order valence-corrected chi connectivity index (χ0v) is 18.3. The highest BCUT2D eigenvalue weighted by Crippen LogP contribution is 2.40. The SMILES string of the molecule is CC1=CC(C)C(c2ccc3ccccc3c2C=Nc2c(C)cc(C)cc2C)=C1C. The summed E-state index contributed by atoms with van der Waals surface area (Å²) in [5.74, 6) is 0.422. The summed E-state index contributed by atoms with van der Waals surface area (Å²) in [6.45, 7) is 13.2. The van der Waals surface area contributed by atoms with Gasteiger partial charge in [-0.15, -0.1) is 0 Å². The molecule has 0 N–H and O–H groups in total. The predicted octanol–water partition coefficient (Wildman–Crippen LogP) is 7.89. The molecule has 29 heavy (non-hydrogen) atoms. The Morgan fingerprint density at radius 1 is 0.862 bits per heavy atom. The van der Waals surface area contributed by atoms with Crippen LogP contribution in [0.2, 0.25) is 0 Å². The van der Waals surface area contributed by atoms with Gasteiger partial charge in [-0.1, -0.05) is 72.7 Å². The van der Waals surface area contributed by atoms with Gasteiger partial charge in [-0.2, -0.15) is 0 Å². The molecule has 3 aromatic carbocycles. The van der Waals surface area contributed by atoms with Crippen LogP contribution in [0.1, 0.15) is 48.6 Å². The number of rotatable bonds is 3. The summed E-state index contributed by atoms with van der Waals surface area (Å²) in [7, 11) is 0. The molecular weight excluding hydrogens is 350 g/mol. The highest BCUT2D eigenvalue weighted by atomic mass is 14.7. The first-order chi connectivity index (χ1) is 13.9. The standard InChI is InChI=1S/C28H29N/c1-17-13-20(4)28(21(5)14-17)29-16-26-24-10-8-7-9-23(24)11-12-25(26)27-19(3)15-18(2)22(27)6/h7-16,19H,1-6H3. The number of aliphatic imine (C=N–C) groups is 1. The summed E-state index contributed by atoms with van der Waals surface area (Å²) in [5.41, 5.74) is 11.5. The Morgan fingerprint density at radius 2 is 1.55 bits per heavy atom. The molecule has 1 aliphatic carbocycles. The Morgan fingerprint density at radius 3 is 2.21 bits per heavy atom. The number of hydrogen-bond acceptors (Lipinski definition) is 1. The lowest BCUT2D eigenvalue weighted by molar-refractivity contribution is 0.975. The maximum atomic E-state index is 5.00. The van der Waals surface area contributed by atoms with Gasteiger partial charge in [-0.05, 0) is 73.2 Å². The van der Waals surface area contributed by atoms with E-state index in [2.05, 4.69) is 102 Å². The van der Waals surface area contributed by atoms with Crippen LogP contribution in [0.15, 0.2) is 70.7 Å². The Labute approximate surface area is 174 Å². The van der Waals surface area contributed by atoms with E-state index in [0.717, 1.165) is 5.69 Å². The van der Waals surface area contributed by atoms with Crippen molar-refractivity contribution in [1.82, 2.24) is 0 Å². The average Bonchev–Trinajstić information content (AvgIpc) is 2.92. The van der Waals surface area contributed by atoms with E-state index in [0.29, 0.717) is 5.92 Å². The molecule has 1 nitrogen and oxygen atoms in total. The Bertz CT molecular complexity index is 1180. The lowest BCUT2D eigenvalue weighted by Crippen LogP contribution is -2.00. The van der Waals surface area contributed by atoms with Crippen molar-refractivity contribution in [3.05, 3.63) is 93.6 Å². The summed E-state index contributed by atoms with van der Waals surface area (Å²) in [5, 5.41) is 2.51. The van der Waals surface area contributed by atoms with Crippen LogP contribution in [-0.2, 0) is 0 Å². The maximum Gasteiger partial charge on any atom is 0.0688 e. The van der Waals surface area contributed by atoms with E-state index in [1.165, 1.54) is 55.3 Å². The quantitative estimate of drug-likeness (QED) is 0.410. The number of hydrogen-bond donors (Lipinski definition) is 0. The molecule has 146 valence electrons. The molecule has 0 fully saturated rings. The molecule has 0 aliphatic heterocycles. The van der Waals surface area contributed by atoms with Crippen LogP contribution >= 0.6 is 0 Å². The molecule has 0 saturated heterocycles. The smallest absolute Gasteiger partial charge is 0.0688 e. The van der Waals surface area contributed by atoms with Gasteiger partial charge in [-0.3, -0.25) is 4.99 Å². The number of nitrogens with zero attached hydrogens (tertiary/aromatic N) is 1. The van der Waals surface area contributed by atoms with E-state index < -0.39 is 0 Å². The molecule has 0 amide bonds. The van der Waals surface area contributed by atoms with Gasteiger partial charge in [0.05, 0.1) is 5.69 Å². The minimum atomic E-state index is 0.422. The molecule has 0 saturated carbocycles. The van der Waals surface area contributed by atoms with Gasteiger partial charge < -0.3 is 0 Å². The Hall–Kier alpha value is -2.93. The lowest BCUT2D eigenvalue weighted by atomic mass is 9.88. The molecule has 0 aromatic heterocycles. The molecule has 0 heterocycles. The molecule has 0 spiro atoms. The third-order valence-corrected chi connectivity index (χ3v) is 6.17. The maximum absolute atomic E-state index is 5.00. The third-order valence-electron chi connectivity index (χ3n) is 6.17. The zero-order chi connectivity index (χ0) is 20.7. The molecular formula is C28H29N. The highest BCUT2D eigenvalue weighted by molar-refractivity contribution is 6.06. The van der Waals surface area contributed by atoms with Crippen molar-refractivity contribution < 1.29 is 0 Å². The van der Waals surface area contributed by atoms with Crippen molar-refractivity contribution in [3.8, 4) is 0 Å². The van der Waals surface area contributed by atoms with Crippen LogP contribution in [0.4, 0.5) is 5.69 Å². The van der Waals surface area contributed by atoms with E-state index in [9.17, 15) is 0 Å². The second-order valence-electron chi connectivity index (χ2n) is 8.43. The van der Waals surface area contributed by atoms with Gasteiger partial charge in [-0.25, -0.2) is 0 Å². The molecule has 0 radical (unpaired) electrons. The summed E-state index contributed by atoms with van der Waals surface area (Å²) < 4.78 is 0. The van der Waals surface area contributed by atoms with Crippen LogP contribution in [-0.4, -0.2) is 6.21 Å².